The Balaban J connectivity index is 1.92. The molecule has 1 atom stereocenters. The van der Waals surface area contributed by atoms with Crippen LogP contribution in [0.1, 0.15) is 25.7 Å². The number of carbonyl (C=O) groups is 1. The number of hydrogen-bond acceptors (Lipinski definition) is 6. The summed E-state index contributed by atoms with van der Waals surface area (Å²) < 4.78 is 11.0. The first-order chi connectivity index (χ1) is 11.6. The molecule has 1 saturated heterocycles. The normalized spacial score (nSPS) is 17.2. The highest BCUT2D eigenvalue weighted by atomic mass is 16.5. The van der Waals surface area contributed by atoms with Crippen molar-refractivity contribution in [2.24, 2.45) is 5.92 Å². The molecule has 0 amide bonds. The SMILES string of the molecule is C=CCC[C@H](CN1CCC(C(=O)O)CC1)Oc1nccc(OC)n1. The largest absolute Gasteiger partial charge is 0.481 e. The average Bonchev–Trinajstić information content (AvgIpc) is 2.60. The third-order valence-corrected chi connectivity index (χ3v) is 4.18. The lowest BCUT2D eigenvalue weighted by molar-refractivity contribution is -0.143. The number of allylic oxidation sites excluding steroid dienone is 1. The molecule has 132 valence electrons. The lowest BCUT2D eigenvalue weighted by Gasteiger charge is -2.32. The molecule has 2 rings (SSSR count). The molecule has 0 aliphatic carbocycles. The minimum atomic E-state index is -0.695. The van der Waals surface area contributed by atoms with Crippen LogP contribution in [0.25, 0.3) is 0 Å². The second-order valence-electron chi connectivity index (χ2n) is 5.90. The molecule has 0 unspecified atom stereocenters. The summed E-state index contributed by atoms with van der Waals surface area (Å²) in [5, 5.41) is 9.08. The summed E-state index contributed by atoms with van der Waals surface area (Å²) in [6.07, 6.45) is 6.39. The highest BCUT2D eigenvalue weighted by molar-refractivity contribution is 5.70. The van der Waals surface area contributed by atoms with E-state index in [0.29, 0.717) is 24.7 Å². The maximum Gasteiger partial charge on any atom is 0.319 e. The van der Waals surface area contributed by atoms with Gasteiger partial charge in [-0.2, -0.15) is 4.98 Å². The zero-order valence-corrected chi connectivity index (χ0v) is 14.1. The lowest BCUT2D eigenvalue weighted by atomic mass is 9.97. The number of aromatic nitrogens is 2. The monoisotopic (exact) mass is 335 g/mol. The van der Waals surface area contributed by atoms with E-state index in [9.17, 15) is 4.79 Å². The Morgan fingerprint density at radius 1 is 1.54 bits per heavy atom. The van der Waals surface area contributed by atoms with Crippen LogP contribution in [0.3, 0.4) is 0 Å². The first-order valence-corrected chi connectivity index (χ1v) is 8.22. The summed E-state index contributed by atoms with van der Waals surface area (Å²) in [5.41, 5.74) is 0. The van der Waals surface area contributed by atoms with Crippen molar-refractivity contribution >= 4 is 5.97 Å². The van der Waals surface area contributed by atoms with Crippen LogP contribution in [0.4, 0.5) is 0 Å². The molecule has 0 saturated carbocycles. The van der Waals surface area contributed by atoms with Gasteiger partial charge in [-0.25, -0.2) is 4.98 Å². The van der Waals surface area contributed by atoms with Crippen molar-refractivity contribution in [3.8, 4) is 11.9 Å². The number of carboxylic acids is 1. The molecule has 2 heterocycles. The Morgan fingerprint density at radius 2 is 2.29 bits per heavy atom. The van der Waals surface area contributed by atoms with Crippen molar-refractivity contribution < 1.29 is 19.4 Å². The Labute approximate surface area is 142 Å². The first kappa shape index (κ1) is 18.2. The molecule has 1 aromatic rings. The second-order valence-corrected chi connectivity index (χ2v) is 5.90. The van der Waals surface area contributed by atoms with Crippen molar-refractivity contribution in [1.29, 1.82) is 0 Å². The minimum Gasteiger partial charge on any atom is -0.481 e. The van der Waals surface area contributed by atoms with Gasteiger partial charge in [-0.15, -0.1) is 6.58 Å². The maximum absolute atomic E-state index is 11.0. The molecule has 7 heteroatoms. The van der Waals surface area contributed by atoms with Crippen LogP contribution in [0, 0.1) is 5.92 Å². The van der Waals surface area contributed by atoms with Crippen molar-refractivity contribution in [1.82, 2.24) is 14.9 Å². The molecule has 0 aromatic carbocycles. The molecular weight excluding hydrogens is 310 g/mol. The quantitative estimate of drug-likeness (QED) is 0.691. The highest BCUT2D eigenvalue weighted by Crippen LogP contribution is 2.19. The van der Waals surface area contributed by atoms with Gasteiger partial charge in [-0.1, -0.05) is 6.08 Å². The number of nitrogens with zero attached hydrogens (tertiary/aromatic N) is 3. The number of likely N-dealkylation sites (tertiary alicyclic amines) is 1. The van der Waals surface area contributed by atoms with Crippen molar-refractivity contribution in [3.63, 3.8) is 0 Å². The molecule has 1 aromatic heterocycles. The van der Waals surface area contributed by atoms with Gasteiger partial charge in [-0.3, -0.25) is 9.69 Å². The number of hydrogen-bond donors (Lipinski definition) is 1. The minimum absolute atomic E-state index is 0.0727. The number of methoxy groups -OCH3 is 1. The fraction of sp³-hybridized carbons (Fsp3) is 0.588. The number of ether oxygens (including phenoxy) is 2. The van der Waals surface area contributed by atoms with Gasteiger partial charge in [0.15, 0.2) is 0 Å². The van der Waals surface area contributed by atoms with E-state index >= 15 is 0 Å². The van der Waals surface area contributed by atoms with Crippen LogP contribution in [0.15, 0.2) is 24.9 Å². The Morgan fingerprint density at radius 3 is 2.92 bits per heavy atom. The van der Waals surface area contributed by atoms with Crippen molar-refractivity contribution in [2.45, 2.75) is 31.8 Å². The van der Waals surface area contributed by atoms with Crippen LogP contribution in [0.5, 0.6) is 11.9 Å². The van der Waals surface area contributed by atoms with Crippen LogP contribution in [-0.4, -0.2) is 58.8 Å². The zero-order valence-electron chi connectivity index (χ0n) is 14.1. The van der Waals surface area contributed by atoms with Crippen LogP contribution < -0.4 is 9.47 Å². The Bertz CT molecular complexity index is 544. The van der Waals surface area contributed by atoms with Gasteiger partial charge in [0.1, 0.15) is 6.10 Å². The molecule has 1 N–H and O–H groups in total. The predicted octanol–water partition coefficient (Wildman–Crippen LogP) is 2.00. The van der Waals surface area contributed by atoms with Gasteiger partial charge >= 0.3 is 12.0 Å². The van der Waals surface area contributed by atoms with E-state index in [1.807, 2.05) is 6.08 Å². The van der Waals surface area contributed by atoms with E-state index in [4.69, 9.17) is 14.6 Å². The topological polar surface area (TPSA) is 84.8 Å². The third-order valence-electron chi connectivity index (χ3n) is 4.18. The summed E-state index contributed by atoms with van der Waals surface area (Å²) >= 11 is 0. The van der Waals surface area contributed by atoms with Crippen LogP contribution >= 0.6 is 0 Å². The summed E-state index contributed by atoms with van der Waals surface area (Å²) in [7, 11) is 1.55. The van der Waals surface area contributed by atoms with Gasteiger partial charge in [-0.05, 0) is 38.8 Å². The highest BCUT2D eigenvalue weighted by Gasteiger charge is 2.26. The number of rotatable bonds is 9. The van der Waals surface area contributed by atoms with E-state index in [0.717, 1.165) is 32.5 Å². The Hall–Kier alpha value is -2.15. The maximum atomic E-state index is 11.0. The van der Waals surface area contributed by atoms with E-state index in [1.165, 1.54) is 0 Å². The molecule has 24 heavy (non-hydrogen) atoms. The van der Waals surface area contributed by atoms with Crippen LogP contribution in [-0.2, 0) is 4.79 Å². The Kier molecular flexibility index (Phi) is 6.99. The number of aliphatic carboxylic acids is 1. The van der Waals surface area contributed by atoms with Gasteiger partial charge in [0.2, 0.25) is 5.88 Å². The van der Waals surface area contributed by atoms with Gasteiger partial charge < -0.3 is 14.6 Å². The molecule has 1 aliphatic rings. The molecular formula is C17H25N3O4. The predicted molar refractivity (Wildman–Crippen MR) is 89.2 cm³/mol. The van der Waals surface area contributed by atoms with Gasteiger partial charge in [0.05, 0.1) is 13.0 Å². The van der Waals surface area contributed by atoms with E-state index in [-0.39, 0.29) is 12.0 Å². The molecule has 0 spiro atoms. The van der Waals surface area contributed by atoms with Crippen LogP contribution in [0.2, 0.25) is 0 Å². The smallest absolute Gasteiger partial charge is 0.319 e. The fourth-order valence-electron chi connectivity index (χ4n) is 2.79. The standard InChI is InChI=1S/C17H25N3O4/c1-3-4-5-14(24-17-18-9-6-15(19-17)23-2)12-20-10-7-13(8-11-20)16(21)22/h3,6,9,13-14H,1,4-5,7-8,10-12H2,2H3,(H,21,22)/t14-/m1/s1. The van der Waals surface area contributed by atoms with Gasteiger partial charge in [0.25, 0.3) is 0 Å². The molecule has 1 aliphatic heterocycles. The summed E-state index contributed by atoms with van der Waals surface area (Å²) in [4.78, 5) is 21.6. The van der Waals surface area contributed by atoms with E-state index in [2.05, 4.69) is 21.4 Å². The molecule has 7 nitrogen and oxygen atoms in total. The first-order valence-electron chi connectivity index (χ1n) is 8.22. The third kappa shape index (κ3) is 5.49. The zero-order chi connectivity index (χ0) is 17.4. The summed E-state index contributed by atoms with van der Waals surface area (Å²) in [6.45, 7) is 6.02. The fourth-order valence-corrected chi connectivity index (χ4v) is 2.79. The van der Waals surface area contributed by atoms with E-state index < -0.39 is 5.97 Å². The van der Waals surface area contributed by atoms with Gasteiger partial charge in [0, 0.05) is 18.8 Å². The second kappa shape index (κ2) is 9.22. The molecule has 0 radical (unpaired) electrons. The van der Waals surface area contributed by atoms with Crippen molar-refractivity contribution in [2.75, 3.05) is 26.7 Å². The summed E-state index contributed by atoms with van der Waals surface area (Å²) in [5.74, 6) is -0.459. The molecule has 0 bridgehead atoms. The lowest BCUT2D eigenvalue weighted by Crippen LogP contribution is -2.42. The number of piperidine rings is 1. The number of carboxylic acid groups (broad SMARTS) is 1. The summed E-state index contributed by atoms with van der Waals surface area (Å²) in [6, 6.07) is 1.96. The molecule has 1 fully saturated rings. The average molecular weight is 335 g/mol. The van der Waals surface area contributed by atoms with Crippen molar-refractivity contribution in [3.05, 3.63) is 24.9 Å². The van der Waals surface area contributed by atoms with E-state index in [1.54, 1.807) is 19.4 Å².